The fourth-order valence-corrected chi connectivity index (χ4v) is 2.28. The number of carbonyl (C=O) groups excluding carboxylic acids is 1. The number of carbonyl (C=O) groups is 1. The largest absolute Gasteiger partial charge is 0.496 e. The third kappa shape index (κ3) is 3.97. The van der Waals surface area contributed by atoms with Crippen molar-refractivity contribution in [2.75, 3.05) is 26.1 Å². The second-order valence-corrected chi connectivity index (χ2v) is 4.86. The van der Waals surface area contributed by atoms with E-state index in [1.807, 2.05) is 0 Å². The standard InChI is InChI=1S/C17H18N2O6/c1-4-25-11-8-9-12(13(10-11)19(21)22)18-17(20)16-14(23-2)6-5-7-15(16)24-3/h5-10H,4H2,1-3H3,(H,18,20). The summed E-state index contributed by atoms with van der Waals surface area (Å²) in [5.74, 6) is 0.361. The van der Waals surface area contributed by atoms with Gasteiger partial charge in [0.05, 0.1) is 31.8 Å². The van der Waals surface area contributed by atoms with Crippen LogP contribution in [0.5, 0.6) is 17.2 Å². The molecule has 0 unspecified atom stereocenters. The van der Waals surface area contributed by atoms with E-state index in [2.05, 4.69) is 5.32 Å². The fourth-order valence-electron chi connectivity index (χ4n) is 2.28. The van der Waals surface area contributed by atoms with Crippen LogP contribution in [0.3, 0.4) is 0 Å². The zero-order valence-corrected chi connectivity index (χ0v) is 14.1. The molecule has 1 amide bonds. The van der Waals surface area contributed by atoms with Crippen molar-refractivity contribution in [3.63, 3.8) is 0 Å². The number of ether oxygens (including phenoxy) is 3. The van der Waals surface area contributed by atoms with Gasteiger partial charge in [-0.25, -0.2) is 0 Å². The first kappa shape index (κ1) is 18.1. The Hall–Kier alpha value is -3.29. The smallest absolute Gasteiger partial charge is 0.296 e. The van der Waals surface area contributed by atoms with Gasteiger partial charge in [0, 0.05) is 0 Å². The van der Waals surface area contributed by atoms with E-state index in [1.54, 1.807) is 31.2 Å². The van der Waals surface area contributed by atoms with Crippen LogP contribution in [-0.4, -0.2) is 31.7 Å². The van der Waals surface area contributed by atoms with Crippen LogP contribution in [0.25, 0.3) is 0 Å². The molecule has 1 N–H and O–H groups in total. The molecule has 0 saturated heterocycles. The lowest BCUT2D eigenvalue weighted by atomic mass is 10.1. The Labute approximate surface area is 144 Å². The second kappa shape index (κ2) is 8.00. The molecule has 0 saturated carbocycles. The number of benzene rings is 2. The molecular formula is C17H18N2O6. The maximum Gasteiger partial charge on any atom is 0.296 e. The molecule has 25 heavy (non-hydrogen) atoms. The molecule has 0 aliphatic carbocycles. The third-order valence-corrected chi connectivity index (χ3v) is 3.38. The summed E-state index contributed by atoms with van der Waals surface area (Å²) in [4.78, 5) is 23.3. The lowest BCUT2D eigenvalue weighted by Crippen LogP contribution is -2.15. The van der Waals surface area contributed by atoms with Crippen molar-refractivity contribution in [1.29, 1.82) is 0 Å². The Kier molecular flexibility index (Phi) is 5.78. The van der Waals surface area contributed by atoms with Gasteiger partial charge in [-0.05, 0) is 31.2 Å². The molecule has 0 aliphatic heterocycles. The number of methoxy groups -OCH3 is 2. The maximum atomic E-state index is 12.6. The first-order valence-corrected chi connectivity index (χ1v) is 7.45. The average Bonchev–Trinajstić information content (AvgIpc) is 2.62. The molecule has 2 aromatic carbocycles. The molecule has 132 valence electrons. The summed E-state index contributed by atoms with van der Waals surface area (Å²) in [7, 11) is 2.84. The number of rotatable bonds is 7. The summed E-state index contributed by atoms with van der Waals surface area (Å²) in [6, 6.07) is 9.11. The highest BCUT2D eigenvalue weighted by Gasteiger charge is 2.22. The number of nitrogens with one attached hydrogen (secondary N) is 1. The molecule has 8 nitrogen and oxygen atoms in total. The molecule has 2 aromatic rings. The quantitative estimate of drug-likeness (QED) is 0.610. The van der Waals surface area contributed by atoms with Gasteiger partial charge in [0.2, 0.25) is 0 Å². The topological polar surface area (TPSA) is 99.9 Å². The zero-order valence-electron chi connectivity index (χ0n) is 14.1. The number of amides is 1. The van der Waals surface area contributed by atoms with Gasteiger partial charge in [0.1, 0.15) is 28.5 Å². The van der Waals surface area contributed by atoms with Gasteiger partial charge < -0.3 is 19.5 Å². The Bertz CT molecular complexity index is 768. The van der Waals surface area contributed by atoms with Gasteiger partial charge >= 0.3 is 0 Å². The van der Waals surface area contributed by atoms with Crippen molar-refractivity contribution in [2.24, 2.45) is 0 Å². The fraction of sp³-hybridized carbons (Fsp3) is 0.235. The molecule has 0 bridgehead atoms. The molecule has 0 heterocycles. The van der Waals surface area contributed by atoms with Gasteiger partial charge in [-0.15, -0.1) is 0 Å². The average molecular weight is 346 g/mol. The molecule has 0 aromatic heterocycles. The maximum absolute atomic E-state index is 12.6. The molecule has 0 spiro atoms. The van der Waals surface area contributed by atoms with Crippen molar-refractivity contribution < 1.29 is 23.9 Å². The van der Waals surface area contributed by atoms with Crippen LogP contribution in [0, 0.1) is 10.1 Å². The Balaban J connectivity index is 2.40. The number of nitro benzene ring substituents is 1. The number of hydrogen-bond acceptors (Lipinski definition) is 6. The predicted molar refractivity (Wildman–Crippen MR) is 91.8 cm³/mol. The van der Waals surface area contributed by atoms with Gasteiger partial charge in [-0.1, -0.05) is 6.07 Å². The first-order valence-electron chi connectivity index (χ1n) is 7.45. The van der Waals surface area contributed by atoms with Crippen molar-refractivity contribution in [3.8, 4) is 17.2 Å². The summed E-state index contributed by atoms with van der Waals surface area (Å²) < 4.78 is 15.6. The van der Waals surface area contributed by atoms with Crippen LogP contribution >= 0.6 is 0 Å². The normalized spacial score (nSPS) is 10.0. The number of anilines is 1. The van der Waals surface area contributed by atoms with Crippen LogP contribution in [-0.2, 0) is 0 Å². The molecule has 8 heteroatoms. The van der Waals surface area contributed by atoms with Crippen molar-refractivity contribution in [2.45, 2.75) is 6.92 Å². The van der Waals surface area contributed by atoms with E-state index in [4.69, 9.17) is 14.2 Å². The molecule has 0 fully saturated rings. The van der Waals surface area contributed by atoms with E-state index >= 15 is 0 Å². The number of nitrogens with zero attached hydrogens (tertiary/aromatic N) is 1. The molecule has 0 radical (unpaired) electrons. The van der Waals surface area contributed by atoms with Gasteiger partial charge in [-0.3, -0.25) is 14.9 Å². The lowest BCUT2D eigenvalue weighted by molar-refractivity contribution is -0.384. The number of nitro groups is 1. The third-order valence-electron chi connectivity index (χ3n) is 3.38. The summed E-state index contributed by atoms with van der Waals surface area (Å²) in [5.41, 5.74) is -0.0738. The minimum atomic E-state index is -0.586. The minimum absolute atomic E-state index is 0.0476. The lowest BCUT2D eigenvalue weighted by Gasteiger charge is -2.13. The molecular weight excluding hydrogens is 328 g/mol. The summed E-state index contributed by atoms with van der Waals surface area (Å²) in [5, 5.41) is 13.8. The van der Waals surface area contributed by atoms with E-state index in [1.165, 1.54) is 26.4 Å². The van der Waals surface area contributed by atoms with E-state index < -0.39 is 10.8 Å². The van der Waals surface area contributed by atoms with E-state index in [9.17, 15) is 14.9 Å². The highest BCUT2D eigenvalue weighted by Crippen LogP contribution is 2.32. The highest BCUT2D eigenvalue weighted by molar-refractivity contribution is 6.09. The monoisotopic (exact) mass is 346 g/mol. The van der Waals surface area contributed by atoms with E-state index in [0.29, 0.717) is 23.9 Å². The summed E-state index contributed by atoms with van der Waals surface area (Å²) in [6.45, 7) is 2.15. The van der Waals surface area contributed by atoms with E-state index in [-0.39, 0.29) is 16.9 Å². The van der Waals surface area contributed by atoms with Crippen LogP contribution in [0.1, 0.15) is 17.3 Å². The van der Waals surface area contributed by atoms with Gasteiger partial charge in [0.25, 0.3) is 11.6 Å². The van der Waals surface area contributed by atoms with Crippen LogP contribution in [0.15, 0.2) is 36.4 Å². The van der Waals surface area contributed by atoms with Gasteiger partial charge in [-0.2, -0.15) is 0 Å². The zero-order chi connectivity index (χ0) is 18.4. The predicted octanol–water partition coefficient (Wildman–Crippen LogP) is 3.26. The van der Waals surface area contributed by atoms with Crippen LogP contribution < -0.4 is 19.5 Å². The summed E-state index contributed by atoms with van der Waals surface area (Å²) >= 11 is 0. The second-order valence-electron chi connectivity index (χ2n) is 4.86. The van der Waals surface area contributed by atoms with Crippen molar-refractivity contribution >= 4 is 17.3 Å². The number of hydrogen-bond donors (Lipinski definition) is 1. The Morgan fingerprint density at radius 3 is 2.32 bits per heavy atom. The molecule has 2 rings (SSSR count). The molecule has 0 atom stereocenters. The van der Waals surface area contributed by atoms with Gasteiger partial charge in [0.15, 0.2) is 0 Å². The van der Waals surface area contributed by atoms with Crippen molar-refractivity contribution in [3.05, 3.63) is 52.1 Å². The Morgan fingerprint density at radius 2 is 1.80 bits per heavy atom. The minimum Gasteiger partial charge on any atom is -0.496 e. The van der Waals surface area contributed by atoms with Crippen LogP contribution in [0.4, 0.5) is 11.4 Å². The summed E-state index contributed by atoms with van der Waals surface area (Å²) in [6.07, 6.45) is 0. The molecule has 0 aliphatic rings. The van der Waals surface area contributed by atoms with E-state index in [0.717, 1.165) is 0 Å². The van der Waals surface area contributed by atoms with Crippen molar-refractivity contribution in [1.82, 2.24) is 0 Å². The first-order chi connectivity index (χ1) is 12.0. The SMILES string of the molecule is CCOc1ccc(NC(=O)c2c(OC)cccc2OC)c([N+](=O)[O-])c1. The van der Waals surface area contributed by atoms with Crippen LogP contribution in [0.2, 0.25) is 0 Å². The highest BCUT2D eigenvalue weighted by atomic mass is 16.6. The Morgan fingerprint density at radius 1 is 1.16 bits per heavy atom.